The summed E-state index contributed by atoms with van der Waals surface area (Å²) >= 11 is 7.31. The number of nitrogens with two attached hydrogens (primary N) is 1. The maximum atomic E-state index is 13.7. The van der Waals surface area contributed by atoms with Gasteiger partial charge >= 0.3 is 0 Å². The van der Waals surface area contributed by atoms with E-state index in [-0.39, 0.29) is 5.56 Å². The molecule has 2 rings (SSSR count). The zero-order valence-electron chi connectivity index (χ0n) is 10.4. The zero-order valence-corrected chi connectivity index (χ0v) is 12.0. The van der Waals surface area contributed by atoms with Crippen LogP contribution in [0, 0.1) is 11.6 Å². The first-order chi connectivity index (χ1) is 9.61. The Morgan fingerprint density at radius 3 is 2.40 bits per heavy atom. The highest BCUT2D eigenvalue weighted by Gasteiger charge is 2.19. The lowest BCUT2D eigenvalue weighted by Crippen LogP contribution is -2.31. The first-order valence-electron chi connectivity index (χ1n) is 5.90. The number of hydrogen-bond donors (Lipinski definition) is 2. The van der Waals surface area contributed by atoms with E-state index in [2.05, 4.69) is 5.43 Å². The monoisotopic (exact) mass is 314 g/mol. The lowest BCUT2D eigenvalue weighted by molar-refractivity contribution is 0.500. The molecule has 0 fully saturated rings. The number of hydrogen-bond acceptors (Lipinski definition) is 3. The summed E-state index contributed by atoms with van der Waals surface area (Å²) in [5.41, 5.74) is 2.40. The molecule has 2 nitrogen and oxygen atoms in total. The zero-order chi connectivity index (χ0) is 14.5. The predicted octanol–water partition coefficient (Wildman–Crippen LogP) is 3.91. The van der Waals surface area contributed by atoms with Crippen LogP contribution in [0.1, 0.15) is 11.6 Å². The van der Waals surface area contributed by atoms with Crippen molar-refractivity contribution in [3.63, 3.8) is 0 Å². The summed E-state index contributed by atoms with van der Waals surface area (Å²) in [6.45, 7) is 0. The van der Waals surface area contributed by atoms with Gasteiger partial charge in [-0.1, -0.05) is 23.7 Å². The van der Waals surface area contributed by atoms with Crippen molar-refractivity contribution in [1.29, 1.82) is 0 Å². The molecule has 2 aromatic carbocycles. The predicted molar refractivity (Wildman–Crippen MR) is 78.6 cm³/mol. The normalized spacial score (nSPS) is 12.4. The van der Waals surface area contributed by atoms with E-state index in [9.17, 15) is 8.78 Å². The summed E-state index contributed by atoms with van der Waals surface area (Å²) in [6, 6.07) is 10.4. The summed E-state index contributed by atoms with van der Waals surface area (Å²) in [6.07, 6.45) is 0. The molecule has 0 saturated carbocycles. The summed E-state index contributed by atoms with van der Waals surface area (Å²) in [7, 11) is 0. The Bertz CT molecular complexity index is 575. The number of thioether (sulfide) groups is 1. The van der Waals surface area contributed by atoms with Crippen molar-refractivity contribution >= 4 is 23.4 Å². The van der Waals surface area contributed by atoms with Gasteiger partial charge in [0.05, 0.1) is 6.04 Å². The highest BCUT2D eigenvalue weighted by Crippen LogP contribution is 2.28. The molecule has 106 valence electrons. The molecule has 3 N–H and O–H groups in total. The fourth-order valence-corrected chi connectivity index (χ4v) is 3.06. The maximum Gasteiger partial charge on any atom is 0.130 e. The second kappa shape index (κ2) is 7.04. The van der Waals surface area contributed by atoms with Gasteiger partial charge in [0.25, 0.3) is 0 Å². The molecule has 0 amide bonds. The Kier molecular flexibility index (Phi) is 5.37. The third kappa shape index (κ3) is 3.70. The number of hydrazine groups is 1. The Morgan fingerprint density at radius 1 is 1.15 bits per heavy atom. The summed E-state index contributed by atoms with van der Waals surface area (Å²) < 4.78 is 27.4. The van der Waals surface area contributed by atoms with Crippen molar-refractivity contribution in [3.8, 4) is 0 Å². The number of rotatable bonds is 5. The van der Waals surface area contributed by atoms with Gasteiger partial charge in [0.15, 0.2) is 0 Å². The van der Waals surface area contributed by atoms with Crippen molar-refractivity contribution in [2.24, 2.45) is 5.84 Å². The molecule has 0 aliphatic rings. The van der Waals surface area contributed by atoms with Crippen LogP contribution in [0.4, 0.5) is 8.78 Å². The minimum Gasteiger partial charge on any atom is -0.271 e. The molecule has 0 aliphatic heterocycles. The van der Waals surface area contributed by atoms with Crippen molar-refractivity contribution in [1.82, 2.24) is 5.43 Å². The second-order valence-corrected chi connectivity index (χ2v) is 5.65. The third-order valence-electron chi connectivity index (χ3n) is 2.76. The molecule has 0 spiro atoms. The van der Waals surface area contributed by atoms with Gasteiger partial charge in [0, 0.05) is 21.2 Å². The highest BCUT2D eigenvalue weighted by atomic mass is 35.5. The molecule has 20 heavy (non-hydrogen) atoms. The summed E-state index contributed by atoms with van der Waals surface area (Å²) in [5, 5.41) is 0.615. The van der Waals surface area contributed by atoms with Gasteiger partial charge in [-0.25, -0.2) is 8.78 Å². The van der Waals surface area contributed by atoms with Crippen LogP contribution in [-0.2, 0) is 0 Å². The smallest absolute Gasteiger partial charge is 0.130 e. The van der Waals surface area contributed by atoms with Gasteiger partial charge in [0.1, 0.15) is 11.6 Å². The van der Waals surface area contributed by atoms with Gasteiger partial charge in [-0.2, -0.15) is 0 Å². The van der Waals surface area contributed by atoms with Gasteiger partial charge in [0.2, 0.25) is 0 Å². The van der Waals surface area contributed by atoms with Crippen molar-refractivity contribution in [3.05, 3.63) is 64.7 Å². The Labute approximate surface area is 125 Å². The maximum absolute atomic E-state index is 13.7. The van der Waals surface area contributed by atoms with Crippen LogP contribution in [0.3, 0.4) is 0 Å². The van der Waals surface area contributed by atoms with Crippen LogP contribution in [-0.4, -0.2) is 5.75 Å². The molecule has 0 radical (unpaired) electrons. The molecule has 2 aromatic rings. The van der Waals surface area contributed by atoms with Crippen LogP contribution >= 0.6 is 23.4 Å². The first-order valence-corrected chi connectivity index (χ1v) is 7.26. The van der Waals surface area contributed by atoms with Gasteiger partial charge in [-0.05, 0) is 30.3 Å². The van der Waals surface area contributed by atoms with E-state index < -0.39 is 17.7 Å². The molecular formula is C14H13ClF2N2S. The third-order valence-corrected chi connectivity index (χ3v) is 4.08. The standard InChI is InChI=1S/C14H13ClF2N2S/c15-9-3-1-4-10(7-9)20-8-13(19-18)14-11(16)5-2-6-12(14)17/h1-7,13,19H,8,18H2. The van der Waals surface area contributed by atoms with Crippen LogP contribution in [0.25, 0.3) is 0 Å². The van der Waals surface area contributed by atoms with Crippen LogP contribution in [0.5, 0.6) is 0 Å². The quantitative estimate of drug-likeness (QED) is 0.499. The van der Waals surface area contributed by atoms with E-state index in [1.54, 1.807) is 12.1 Å². The van der Waals surface area contributed by atoms with Crippen LogP contribution < -0.4 is 11.3 Å². The molecule has 0 aliphatic carbocycles. The molecular weight excluding hydrogens is 302 g/mol. The minimum atomic E-state index is -0.625. The highest BCUT2D eigenvalue weighted by molar-refractivity contribution is 7.99. The summed E-state index contributed by atoms with van der Waals surface area (Å²) in [5.74, 6) is 4.57. The minimum absolute atomic E-state index is 0.0514. The second-order valence-electron chi connectivity index (χ2n) is 4.12. The van der Waals surface area contributed by atoms with E-state index >= 15 is 0 Å². The Balaban J connectivity index is 2.13. The molecule has 6 heteroatoms. The van der Waals surface area contributed by atoms with Crippen molar-refractivity contribution < 1.29 is 8.78 Å². The molecule has 0 heterocycles. The fourth-order valence-electron chi connectivity index (χ4n) is 1.79. The Morgan fingerprint density at radius 2 is 1.80 bits per heavy atom. The SMILES string of the molecule is NNC(CSc1cccc(Cl)c1)c1c(F)cccc1F. The molecule has 0 aromatic heterocycles. The number of halogens is 3. The van der Waals surface area contributed by atoms with E-state index in [1.807, 2.05) is 12.1 Å². The van der Waals surface area contributed by atoms with Crippen molar-refractivity contribution in [2.75, 3.05) is 5.75 Å². The van der Waals surface area contributed by atoms with Gasteiger partial charge < -0.3 is 0 Å². The van der Waals surface area contributed by atoms with Crippen LogP contribution in [0.2, 0.25) is 5.02 Å². The van der Waals surface area contributed by atoms with Crippen molar-refractivity contribution in [2.45, 2.75) is 10.9 Å². The van der Waals surface area contributed by atoms with E-state index in [1.165, 1.54) is 30.0 Å². The average molecular weight is 315 g/mol. The first kappa shape index (κ1) is 15.3. The van der Waals surface area contributed by atoms with E-state index in [4.69, 9.17) is 17.4 Å². The topological polar surface area (TPSA) is 38.0 Å². The number of nitrogens with one attached hydrogen (secondary N) is 1. The molecule has 0 bridgehead atoms. The van der Waals surface area contributed by atoms with Gasteiger partial charge in [-0.15, -0.1) is 11.8 Å². The lowest BCUT2D eigenvalue weighted by Gasteiger charge is -2.17. The molecule has 1 atom stereocenters. The average Bonchev–Trinajstić information content (AvgIpc) is 2.42. The van der Waals surface area contributed by atoms with E-state index in [0.29, 0.717) is 10.8 Å². The van der Waals surface area contributed by atoms with E-state index in [0.717, 1.165) is 4.90 Å². The molecule has 0 saturated heterocycles. The number of benzene rings is 2. The largest absolute Gasteiger partial charge is 0.271 e. The molecule has 1 unspecified atom stereocenters. The lowest BCUT2D eigenvalue weighted by atomic mass is 10.1. The fraction of sp³-hybridized carbons (Fsp3) is 0.143. The van der Waals surface area contributed by atoms with Crippen LogP contribution in [0.15, 0.2) is 47.4 Å². The summed E-state index contributed by atoms with van der Waals surface area (Å²) in [4.78, 5) is 0.912. The Hall–Kier alpha value is -1.14. The van der Waals surface area contributed by atoms with Gasteiger partial charge in [-0.3, -0.25) is 11.3 Å².